The minimum atomic E-state index is -0.973. The van der Waals surface area contributed by atoms with E-state index in [1.807, 2.05) is 37.3 Å². The van der Waals surface area contributed by atoms with Crippen LogP contribution in [0.5, 0.6) is 5.75 Å². The van der Waals surface area contributed by atoms with Crippen molar-refractivity contribution in [3.8, 4) is 5.75 Å². The Morgan fingerprint density at radius 1 is 1.10 bits per heavy atom. The van der Waals surface area contributed by atoms with Crippen molar-refractivity contribution in [1.82, 2.24) is 0 Å². The van der Waals surface area contributed by atoms with Crippen molar-refractivity contribution < 1.29 is 19.4 Å². The molecule has 0 aromatic heterocycles. The summed E-state index contributed by atoms with van der Waals surface area (Å²) in [6.07, 6.45) is 0.649. The van der Waals surface area contributed by atoms with E-state index in [4.69, 9.17) is 9.84 Å². The largest absolute Gasteiger partial charge is 0.493 e. The highest BCUT2D eigenvalue weighted by atomic mass is 16.5. The van der Waals surface area contributed by atoms with Gasteiger partial charge in [-0.05, 0) is 23.3 Å². The number of carbonyl (C=O) groups is 2. The number of carboxylic acids is 1. The molecule has 0 aliphatic carbocycles. The van der Waals surface area contributed by atoms with E-state index in [9.17, 15) is 9.59 Å². The summed E-state index contributed by atoms with van der Waals surface area (Å²) in [7, 11) is 0. The number of carbonyl (C=O) groups excluding carboxylic acids is 1. The molecule has 0 heterocycles. The second kappa shape index (κ2) is 6.88. The van der Waals surface area contributed by atoms with Crippen LogP contribution in [-0.4, -0.2) is 23.5 Å². The predicted octanol–water partition coefficient (Wildman–Crippen LogP) is 3.68. The first-order valence-electron chi connectivity index (χ1n) is 7.03. The van der Waals surface area contributed by atoms with E-state index in [0.29, 0.717) is 17.9 Å². The molecular formula is C17H18O4. The second-order valence-corrected chi connectivity index (χ2v) is 4.83. The van der Waals surface area contributed by atoms with E-state index in [0.717, 1.165) is 17.2 Å². The average Bonchev–Trinajstić information content (AvgIpc) is 2.49. The summed E-state index contributed by atoms with van der Waals surface area (Å²) in [6, 6.07) is 11.2. The Kier molecular flexibility index (Phi) is 4.93. The maximum absolute atomic E-state index is 12.4. The van der Waals surface area contributed by atoms with Crippen molar-refractivity contribution in [1.29, 1.82) is 0 Å². The summed E-state index contributed by atoms with van der Waals surface area (Å²) in [6.45, 7) is 2.52. The molecular weight excluding hydrogens is 268 g/mol. The molecule has 0 saturated carbocycles. The maximum atomic E-state index is 12.4. The van der Waals surface area contributed by atoms with Crippen LogP contribution < -0.4 is 4.74 Å². The fraction of sp³-hybridized carbons (Fsp3) is 0.294. The zero-order valence-corrected chi connectivity index (χ0v) is 12.0. The van der Waals surface area contributed by atoms with Gasteiger partial charge in [0.25, 0.3) is 0 Å². The number of hydrogen-bond donors (Lipinski definition) is 1. The van der Waals surface area contributed by atoms with Crippen molar-refractivity contribution in [3.63, 3.8) is 0 Å². The first-order chi connectivity index (χ1) is 10.1. The van der Waals surface area contributed by atoms with Gasteiger partial charge in [0.05, 0.1) is 18.6 Å². The molecule has 0 atom stereocenters. The number of ether oxygens (including phenoxy) is 1. The van der Waals surface area contributed by atoms with E-state index in [-0.39, 0.29) is 18.6 Å². The van der Waals surface area contributed by atoms with Gasteiger partial charge in [0.15, 0.2) is 5.78 Å². The quantitative estimate of drug-likeness (QED) is 0.789. The minimum Gasteiger partial charge on any atom is -0.493 e. The molecule has 4 heteroatoms. The van der Waals surface area contributed by atoms with Crippen LogP contribution in [0, 0.1) is 0 Å². The number of ketones is 1. The number of aliphatic carboxylic acids is 1. The summed E-state index contributed by atoms with van der Waals surface area (Å²) >= 11 is 0. The van der Waals surface area contributed by atoms with E-state index >= 15 is 0 Å². The topological polar surface area (TPSA) is 63.6 Å². The Balaban J connectivity index is 2.44. The summed E-state index contributed by atoms with van der Waals surface area (Å²) in [5.41, 5.74) is 0.489. The van der Waals surface area contributed by atoms with E-state index in [2.05, 4.69) is 0 Å². The van der Waals surface area contributed by atoms with Gasteiger partial charge in [-0.2, -0.15) is 0 Å². The summed E-state index contributed by atoms with van der Waals surface area (Å²) in [5, 5.41) is 10.5. The van der Waals surface area contributed by atoms with Crippen LogP contribution in [0.15, 0.2) is 36.4 Å². The zero-order valence-electron chi connectivity index (χ0n) is 12.0. The highest BCUT2D eigenvalue weighted by Gasteiger charge is 2.17. The summed E-state index contributed by atoms with van der Waals surface area (Å²) < 4.78 is 5.65. The molecule has 2 aromatic carbocycles. The molecule has 0 bridgehead atoms. The molecule has 0 saturated heterocycles. The van der Waals surface area contributed by atoms with Crippen LogP contribution in [0.2, 0.25) is 0 Å². The van der Waals surface area contributed by atoms with Crippen LogP contribution in [-0.2, 0) is 4.79 Å². The number of Topliss-reactive ketones (excluding diaryl/α,β-unsaturated/α-hetero) is 1. The lowest BCUT2D eigenvalue weighted by Gasteiger charge is -2.13. The lowest BCUT2D eigenvalue weighted by Crippen LogP contribution is -2.08. The van der Waals surface area contributed by atoms with Crippen LogP contribution >= 0.6 is 0 Å². The average molecular weight is 286 g/mol. The molecule has 110 valence electrons. The summed E-state index contributed by atoms with van der Waals surface area (Å²) in [4.78, 5) is 23.1. The number of fused-ring (bicyclic) bond motifs is 1. The standard InChI is InChI=1S/C17H18O4/c1-2-11-21-15-9-7-12-5-3-4-6-13(12)17(15)14(18)8-10-16(19)20/h3-7,9H,2,8,10-11H2,1H3,(H,19,20). The summed E-state index contributed by atoms with van der Waals surface area (Å²) in [5.74, 6) is -0.633. The van der Waals surface area contributed by atoms with Gasteiger partial charge in [-0.3, -0.25) is 9.59 Å². The number of carboxylic acid groups (broad SMARTS) is 1. The van der Waals surface area contributed by atoms with Crippen molar-refractivity contribution in [2.75, 3.05) is 6.61 Å². The predicted molar refractivity (Wildman–Crippen MR) is 80.9 cm³/mol. The second-order valence-electron chi connectivity index (χ2n) is 4.83. The third-order valence-electron chi connectivity index (χ3n) is 3.20. The molecule has 4 nitrogen and oxygen atoms in total. The highest BCUT2D eigenvalue weighted by molar-refractivity contribution is 6.11. The first-order valence-corrected chi connectivity index (χ1v) is 7.03. The van der Waals surface area contributed by atoms with Gasteiger partial charge in [-0.15, -0.1) is 0 Å². The smallest absolute Gasteiger partial charge is 0.303 e. The third-order valence-corrected chi connectivity index (χ3v) is 3.20. The van der Waals surface area contributed by atoms with Crippen molar-refractivity contribution in [2.45, 2.75) is 26.2 Å². The molecule has 1 N–H and O–H groups in total. The first kappa shape index (κ1) is 15.0. The Bertz CT molecular complexity index is 661. The molecule has 0 aliphatic heterocycles. The Hall–Kier alpha value is -2.36. The van der Waals surface area contributed by atoms with Gasteiger partial charge in [-0.25, -0.2) is 0 Å². The minimum absolute atomic E-state index is 0.0220. The monoisotopic (exact) mass is 286 g/mol. The maximum Gasteiger partial charge on any atom is 0.303 e. The van der Waals surface area contributed by atoms with Crippen LogP contribution in [0.25, 0.3) is 10.8 Å². The molecule has 2 rings (SSSR count). The SMILES string of the molecule is CCCOc1ccc2ccccc2c1C(=O)CCC(=O)O. The van der Waals surface area contributed by atoms with Crippen molar-refractivity contribution in [2.24, 2.45) is 0 Å². The fourth-order valence-corrected chi connectivity index (χ4v) is 2.22. The van der Waals surface area contributed by atoms with E-state index < -0.39 is 5.97 Å². The molecule has 0 aliphatic rings. The highest BCUT2D eigenvalue weighted by Crippen LogP contribution is 2.29. The zero-order chi connectivity index (χ0) is 15.2. The van der Waals surface area contributed by atoms with Crippen molar-refractivity contribution in [3.05, 3.63) is 42.0 Å². The van der Waals surface area contributed by atoms with Gasteiger partial charge < -0.3 is 9.84 Å². The Morgan fingerprint density at radius 2 is 1.86 bits per heavy atom. The van der Waals surface area contributed by atoms with Gasteiger partial charge in [-0.1, -0.05) is 37.3 Å². The number of hydrogen-bond acceptors (Lipinski definition) is 3. The molecule has 0 amide bonds. The normalized spacial score (nSPS) is 10.5. The number of rotatable bonds is 7. The van der Waals surface area contributed by atoms with E-state index in [1.54, 1.807) is 6.07 Å². The van der Waals surface area contributed by atoms with Gasteiger partial charge in [0.1, 0.15) is 5.75 Å². The van der Waals surface area contributed by atoms with Crippen molar-refractivity contribution >= 4 is 22.5 Å². The number of benzene rings is 2. The van der Waals surface area contributed by atoms with Gasteiger partial charge in [0.2, 0.25) is 0 Å². The molecule has 0 spiro atoms. The molecule has 21 heavy (non-hydrogen) atoms. The molecule has 0 radical (unpaired) electrons. The van der Waals surface area contributed by atoms with Gasteiger partial charge in [0, 0.05) is 6.42 Å². The van der Waals surface area contributed by atoms with Crippen LogP contribution in [0.3, 0.4) is 0 Å². The molecule has 0 fully saturated rings. The Morgan fingerprint density at radius 3 is 2.57 bits per heavy atom. The molecule has 0 unspecified atom stereocenters. The van der Waals surface area contributed by atoms with Gasteiger partial charge >= 0.3 is 5.97 Å². The third kappa shape index (κ3) is 3.60. The molecule has 2 aromatic rings. The van der Waals surface area contributed by atoms with Crippen LogP contribution in [0.1, 0.15) is 36.5 Å². The van der Waals surface area contributed by atoms with Crippen LogP contribution in [0.4, 0.5) is 0 Å². The lowest BCUT2D eigenvalue weighted by molar-refractivity contribution is -0.136. The fourth-order valence-electron chi connectivity index (χ4n) is 2.22. The Labute approximate surface area is 123 Å². The lowest BCUT2D eigenvalue weighted by atomic mass is 9.98. The van der Waals surface area contributed by atoms with E-state index in [1.165, 1.54) is 0 Å².